The first kappa shape index (κ1) is 21.6. The standard InChI is InChI=1S/C21H24FN3O2S2/c1-4-7-25-17-6-5-16(22)9-18(17)29-21(25)23-19(26)12-28-13-20(27)24-10-14(2)8-15(3)11-24/h1,5-6,9,14-15H,7-8,10-13H2,2-3H3. The van der Waals surface area contributed by atoms with Crippen LogP contribution in [0.25, 0.3) is 10.2 Å². The molecule has 2 heterocycles. The Morgan fingerprint density at radius 2 is 2.03 bits per heavy atom. The molecule has 1 fully saturated rings. The summed E-state index contributed by atoms with van der Waals surface area (Å²) in [6, 6.07) is 4.40. The van der Waals surface area contributed by atoms with Gasteiger partial charge in [-0.05, 0) is 36.5 Å². The Hall–Kier alpha value is -2.11. The molecule has 2 amide bonds. The molecule has 0 spiro atoms. The molecule has 0 saturated carbocycles. The summed E-state index contributed by atoms with van der Waals surface area (Å²) >= 11 is 2.50. The number of rotatable bonds is 5. The molecule has 154 valence electrons. The number of nitrogens with zero attached hydrogens (tertiary/aromatic N) is 3. The van der Waals surface area contributed by atoms with Crippen LogP contribution in [0.5, 0.6) is 0 Å². The number of fused-ring (bicyclic) bond motifs is 1. The minimum atomic E-state index is -0.347. The number of thioether (sulfide) groups is 1. The summed E-state index contributed by atoms with van der Waals surface area (Å²) in [4.78, 5) is 31.2. The van der Waals surface area contributed by atoms with Crippen molar-refractivity contribution in [3.05, 3.63) is 28.8 Å². The molecule has 0 radical (unpaired) electrons. The summed E-state index contributed by atoms with van der Waals surface area (Å²) in [7, 11) is 0. The second-order valence-corrected chi connectivity index (χ2v) is 9.52. The highest BCUT2D eigenvalue weighted by Crippen LogP contribution is 2.22. The van der Waals surface area contributed by atoms with Crippen LogP contribution in [0, 0.1) is 30.0 Å². The number of terminal acetylenes is 1. The maximum Gasteiger partial charge on any atom is 0.258 e. The van der Waals surface area contributed by atoms with Gasteiger partial charge in [-0.2, -0.15) is 4.99 Å². The van der Waals surface area contributed by atoms with Crippen LogP contribution in [0.2, 0.25) is 0 Å². The van der Waals surface area contributed by atoms with E-state index in [1.807, 2.05) is 4.90 Å². The highest BCUT2D eigenvalue weighted by molar-refractivity contribution is 8.00. The summed E-state index contributed by atoms with van der Waals surface area (Å²) in [6.45, 7) is 6.13. The predicted octanol–water partition coefficient (Wildman–Crippen LogP) is 3.14. The van der Waals surface area contributed by atoms with Crippen LogP contribution < -0.4 is 4.80 Å². The Morgan fingerprint density at radius 1 is 1.31 bits per heavy atom. The minimum Gasteiger partial charge on any atom is -0.341 e. The first-order valence-corrected chi connectivity index (χ1v) is 11.5. The quantitative estimate of drug-likeness (QED) is 0.681. The van der Waals surface area contributed by atoms with Gasteiger partial charge in [-0.1, -0.05) is 31.1 Å². The first-order chi connectivity index (χ1) is 13.9. The second kappa shape index (κ2) is 9.59. The fourth-order valence-corrected chi connectivity index (χ4v) is 5.47. The molecule has 0 N–H and O–H groups in total. The lowest BCUT2D eigenvalue weighted by Gasteiger charge is -2.35. The summed E-state index contributed by atoms with van der Waals surface area (Å²) in [5.41, 5.74) is 0.747. The monoisotopic (exact) mass is 433 g/mol. The molecule has 1 aliphatic heterocycles. The molecule has 2 unspecified atom stereocenters. The first-order valence-electron chi connectivity index (χ1n) is 9.52. The third kappa shape index (κ3) is 5.49. The molecule has 1 aromatic carbocycles. The number of carbonyl (C=O) groups excluding carboxylic acids is 2. The van der Waals surface area contributed by atoms with Crippen LogP contribution in [0.4, 0.5) is 4.39 Å². The van der Waals surface area contributed by atoms with Crippen molar-refractivity contribution in [2.45, 2.75) is 26.8 Å². The number of hydrogen-bond acceptors (Lipinski definition) is 4. The predicted molar refractivity (Wildman–Crippen MR) is 116 cm³/mol. The van der Waals surface area contributed by atoms with E-state index in [2.05, 4.69) is 24.8 Å². The molecule has 0 aliphatic carbocycles. The number of thiazole rings is 1. The Labute approximate surface area is 178 Å². The Bertz CT molecular complexity index is 1010. The third-order valence-electron chi connectivity index (χ3n) is 4.79. The van der Waals surface area contributed by atoms with Crippen LogP contribution in [0.3, 0.4) is 0 Å². The van der Waals surface area contributed by atoms with E-state index in [9.17, 15) is 14.0 Å². The van der Waals surface area contributed by atoms with Gasteiger partial charge in [0.2, 0.25) is 5.91 Å². The molecule has 1 aromatic heterocycles. The average Bonchev–Trinajstić information content (AvgIpc) is 2.97. The van der Waals surface area contributed by atoms with Gasteiger partial charge in [0.15, 0.2) is 4.80 Å². The van der Waals surface area contributed by atoms with Crippen molar-refractivity contribution in [2.24, 2.45) is 16.8 Å². The smallest absolute Gasteiger partial charge is 0.258 e. The van der Waals surface area contributed by atoms with Gasteiger partial charge in [0.05, 0.1) is 28.3 Å². The van der Waals surface area contributed by atoms with Crippen LogP contribution in [0.1, 0.15) is 20.3 Å². The van der Waals surface area contributed by atoms with Gasteiger partial charge in [-0.15, -0.1) is 18.2 Å². The van der Waals surface area contributed by atoms with E-state index < -0.39 is 0 Å². The number of likely N-dealkylation sites (tertiary alicyclic amines) is 1. The number of hydrogen-bond donors (Lipinski definition) is 0. The van der Waals surface area contributed by atoms with Crippen molar-refractivity contribution in [1.29, 1.82) is 0 Å². The Kier molecular flexibility index (Phi) is 7.14. The zero-order valence-corrected chi connectivity index (χ0v) is 18.2. The van der Waals surface area contributed by atoms with Crippen LogP contribution >= 0.6 is 23.1 Å². The van der Waals surface area contributed by atoms with Crippen LogP contribution in [-0.4, -0.2) is 45.9 Å². The molecule has 1 aliphatic rings. The van der Waals surface area contributed by atoms with E-state index in [1.54, 1.807) is 10.6 Å². The summed E-state index contributed by atoms with van der Waals surface area (Å²) in [6.07, 6.45) is 6.57. The lowest BCUT2D eigenvalue weighted by molar-refractivity contribution is -0.130. The number of halogens is 1. The number of aromatic nitrogens is 1. The van der Waals surface area contributed by atoms with Gasteiger partial charge in [-0.3, -0.25) is 9.59 Å². The van der Waals surface area contributed by atoms with Gasteiger partial charge >= 0.3 is 0 Å². The van der Waals surface area contributed by atoms with E-state index in [4.69, 9.17) is 6.42 Å². The molecule has 8 heteroatoms. The number of benzene rings is 1. The van der Waals surface area contributed by atoms with Crippen molar-refractivity contribution >= 4 is 45.1 Å². The SMILES string of the molecule is C#CCn1c(=NC(=O)CSCC(=O)N2CC(C)CC(C)C2)sc2cc(F)ccc21. The largest absolute Gasteiger partial charge is 0.341 e. The maximum absolute atomic E-state index is 13.5. The summed E-state index contributed by atoms with van der Waals surface area (Å²) in [5, 5.41) is 0. The summed E-state index contributed by atoms with van der Waals surface area (Å²) < 4.78 is 15.9. The maximum atomic E-state index is 13.5. The lowest BCUT2D eigenvalue weighted by Crippen LogP contribution is -2.43. The fraction of sp³-hybridized carbons (Fsp3) is 0.476. The van der Waals surface area contributed by atoms with E-state index in [-0.39, 0.29) is 35.7 Å². The average molecular weight is 434 g/mol. The normalized spacial score (nSPS) is 20.1. The Morgan fingerprint density at radius 3 is 2.72 bits per heavy atom. The second-order valence-electron chi connectivity index (χ2n) is 7.53. The van der Waals surface area contributed by atoms with E-state index in [0.29, 0.717) is 21.3 Å². The third-order valence-corrected chi connectivity index (χ3v) is 6.73. The molecule has 2 atom stereocenters. The minimum absolute atomic E-state index is 0.0703. The van der Waals surface area contributed by atoms with Gasteiger partial charge in [0, 0.05) is 13.1 Å². The number of carbonyl (C=O) groups is 2. The molecular formula is C21H24FN3O2S2. The van der Waals surface area contributed by atoms with Gasteiger partial charge in [0.25, 0.3) is 5.91 Å². The van der Waals surface area contributed by atoms with E-state index in [0.717, 1.165) is 25.0 Å². The van der Waals surface area contributed by atoms with Crippen molar-refractivity contribution < 1.29 is 14.0 Å². The lowest BCUT2D eigenvalue weighted by atomic mass is 9.92. The highest BCUT2D eigenvalue weighted by atomic mass is 32.2. The fourth-order valence-electron chi connectivity index (χ4n) is 3.70. The van der Waals surface area contributed by atoms with E-state index in [1.165, 1.54) is 35.2 Å². The molecule has 29 heavy (non-hydrogen) atoms. The van der Waals surface area contributed by atoms with Crippen molar-refractivity contribution in [3.8, 4) is 12.3 Å². The molecule has 1 saturated heterocycles. The molecule has 0 bridgehead atoms. The molecular weight excluding hydrogens is 409 g/mol. The van der Waals surface area contributed by atoms with Crippen molar-refractivity contribution in [1.82, 2.24) is 9.47 Å². The van der Waals surface area contributed by atoms with Crippen molar-refractivity contribution in [3.63, 3.8) is 0 Å². The molecule has 2 aromatic rings. The summed E-state index contributed by atoms with van der Waals surface area (Å²) in [5.74, 6) is 3.33. The Balaban J connectivity index is 1.64. The molecule has 5 nitrogen and oxygen atoms in total. The topological polar surface area (TPSA) is 54.7 Å². The van der Waals surface area contributed by atoms with Gasteiger partial charge in [0.1, 0.15) is 5.82 Å². The number of amides is 2. The highest BCUT2D eigenvalue weighted by Gasteiger charge is 2.25. The number of piperidine rings is 1. The zero-order valence-electron chi connectivity index (χ0n) is 16.6. The van der Waals surface area contributed by atoms with Crippen LogP contribution in [0.15, 0.2) is 23.2 Å². The van der Waals surface area contributed by atoms with Gasteiger partial charge in [-0.25, -0.2) is 4.39 Å². The molecule has 3 rings (SSSR count). The van der Waals surface area contributed by atoms with Crippen molar-refractivity contribution in [2.75, 3.05) is 24.6 Å². The van der Waals surface area contributed by atoms with E-state index >= 15 is 0 Å². The zero-order chi connectivity index (χ0) is 21.0. The van der Waals surface area contributed by atoms with Crippen LogP contribution in [-0.2, 0) is 16.1 Å². The van der Waals surface area contributed by atoms with Gasteiger partial charge < -0.3 is 9.47 Å².